The maximum absolute atomic E-state index is 12.1. The summed E-state index contributed by atoms with van der Waals surface area (Å²) in [4.78, 5) is 10.9. The van der Waals surface area contributed by atoms with Gasteiger partial charge in [-0.05, 0) is 44.0 Å². The number of carbonyl (C=O) groups excluding carboxylic acids is 1. The molecule has 1 N–H and O–H groups in total. The van der Waals surface area contributed by atoms with Crippen molar-refractivity contribution in [3.63, 3.8) is 0 Å². The van der Waals surface area contributed by atoms with E-state index < -0.39 is 10.0 Å². The fourth-order valence-corrected chi connectivity index (χ4v) is 3.33. The van der Waals surface area contributed by atoms with E-state index >= 15 is 0 Å². The van der Waals surface area contributed by atoms with Gasteiger partial charge in [0.15, 0.2) is 0 Å². The topological polar surface area (TPSA) is 66.5 Å². The molecule has 1 aromatic rings. The number of rotatable bonds is 5. The molecule has 0 atom stereocenters. The third kappa shape index (κ3) is 3.26. The predicted molar refractivity (Wildman–Crippen MR) is 75.7 cm³/mol. The molecule has 19 heavy (non-hydrogen) atoms. The van der Waals surface area contributed by atoms with Gasteiger partial charge < -0.3 is 5.32 Å². The van der Waals surface area contributed by atoms with Gasteiger partial charge in [0.05, 0.1) is 11.4 Å². The Morgan fingerprint density at radius 2 is 1.89 bits per heavy atom. The van der Waals surface area contributed by atoms with Gasteiger partial charge in [0.2, 0.25) is 15.9 Å². The number of nitrogens with zero attached hydrogens (tertiary/aromatic N) is 1. The van der Waals surface area contributed by atoms with E-state index in [4.69, 9.17) is 0 Å². The third-order valence-electron chi connectivity index (χ3n) is 2.99. The van der Waals surface area contributed by atoms with Crippen LogP contribution in [0.2, 0.25) is 0 Å². The van der Waals surface area contributed by atoms with E-state index in [1.54, 1.807) is 31.2 Å². The Hall–Kier alpha value is -1.56. The molecule has 0 aromatic heterocycles. The quantitative estimate of drug-likeness (QED) is 0.897. The molecule has 1 aliphatic carbocycles. The van der Waals surface area contributed by atoms with Crippen molar-refractivity contribution in [1.29, 1.82) is 0 Å². The summed E-state index contributed by atoms with van der Waals surface area (Å²) in [6, 6.07) is 7.00. The van der Waals surface area contributed by atoms with Crippen LogP contribution in [0.25, 0.3) is 0 Å². The maximum atomic E-state index is 12.1. The van der Waals surface area contributed by atoms with E-state index in [1.165, 1.54) is 11.2 Å². The van der Waals surface area contributed by atoms with Crippen molar-refractivity contribution in [1.82, 2.24) is 0 Å². The van der Waals surface area contributed by atoms with Crippen LogP contribution in [0, 0.1) is 0 Å². The Morgan fingerprint density at radius 3 is 2.32 bits per heavy atom. The molecule has 0 unspecified atom stereocenters. The predicted octanol–water partition coefficient (Wildman–Crippen LogP) is 1.96. The van der Waals surface area contributed by atoms with Crippen molar-refractivity contribution in [3.8, 4) is 0 Å². The molecule has 1 fully saturated rings. The molecular formula is C13H18N2O3S. The minimum atomic E-state index is -3.24. The largest absolute Gasteiger partial charge is 0.326 e. The normalized spacial score (nSPS) is 15.1. The number of benzene rings is 1. The molecule has 1 aliphatic rings. The van der Waals surface area contributed by atoms with Crippen LogP contribution in [-0.4, -0.2) is 26.1 Å². The molecule has 1 aromatic carbocycles. The van der Waals surface area contributed by atoms with Crippen molar-refractivity contribution in [2.75, 3.05) is 15.4 Å². The van der Waals surface area contributed by atoms with Crippen LogP contribution in [0.3, 0.4) is 0 Å². The van der Waals surface area contributed by atoms with Crippen LogP contribution >= 0.6 is 0 Å². The van der Waals surface area contributed by atoms with Crippen LogP contribution in [0.5, 0.6) is 0 Å². The van der Waals surface area contributed by atoms with Crippen LogP contribution in [0.15, 0.2) is 24.3 Å². The number of amides is 1. The Bertz CT molecular complexity index is 562. The van der Waals surface area contributed by atoms with Gasteiger partial charge in [-0.1, -0.05) is 0 Å². The number of anilines is 2. The minimum Gasteiger partial charge on any atom is -0.326 e. The lowest BCUT2D eigenvalue weighted by molar-refractivity contribution is -0.114. The van der Waals surface area contributed by atoms with Gasteiger partial charge in [-0.15, -0.1) is 0 Å². The molecule has 104 valence electrons. The first kappa shape index (κ1) is 13.9. The highest BCUT2D eigenvalue weighted by Crippen LogP contribution is 2.34. The number of carbonyl (C=O) groups is 1. The number of hydrogen-bond acceptors (Lipinski definition) is 3. The van der Waals surface area contributed by atoms with E-state index in [0.717, 1.165) is 12.8 Å². The second-order valence-corrected chi connectivity index (χ2v) is 6.79. The molecule has 5 nitrogen and oxygen atoms in total. The van der Waals surface area contributed by atoms with Crippen LogP contribution in [0.1, 0.15) is 26.7 Å². The summed E-state index contributed by atoms with van der Waals surface area (Å²) in [5.74, 6) is -0.0512. The second-order valence-electron chi connectivity index (χ2n) is 4.66. The summed E-state index contributed by atoms with van der Waals surface area (Å²) < 4.78 is 25.7. The second kappa shape index (κ2) is 5.21. The highest BCUT2D eigenvalue weighted by atomic mass is 32.2. The number of nitrogens with one attached hydrogen (secondary N) is 1. The molecule has 0 radical (unpaired) electrons. The Labute approximate surface area is 113 Å². The first-order valence-corrected chi connectivity index (χ1v) is 7.94. The SMILES string of the molecule is CCS(=O)(=O)N(c1ccc(NC(C)=O)cc1)C1CC1. The zero-order chi connectivity index (χ0) is 14.0. The summed E-state index contributed by atoms with van der Waals surface area (Å²) >= 11 is 0. The molecule has 0 spiro atoms. The molecule has 0 heterocycles. The molecule has 0 aliphatic heterocycles. The lowest BCUT2D eigenvalue weighted by atomic mass is 10.2. The fraction of sp³-hybridized carbons (Fsp3) is 0.462. The van der Waals surface area contributed by atoms with Crippen LogP contribution in [-0.2, 0) is 14.8 Å². The zero-order valence-electron chi connectivity index (χ0n) is 11.1. The molecular weight excluding hydrogens is 264 g/mol. The zero-order valence-corrected chi connectivity index (χ0v) is 11.9. The van der Waals surface area contributed by atoms with Crippen LogP contribution in [0.4, 0.5) is 11.4 Å². The molecule has 1 amide bonds. The average Bonchev–Trinajstić information content (AvgIpc) is 3.15. The highest BCUT2D eigenvalue weighted by Gasteiger charge is 2.36. The summed E-state index contributed by atoms with van der Waals surface area (Å²) in [6.07, 6.45) is 1.82. The summed E-state index contributed by atoms with van der Waals surface area (Å²) in [7, 11) is -3.24. The van der Waals surface area contributed by atoms with Gasteiger partial charge in [-0.25, -0.2) is 8.42 Å². The summed E-state index contributed by atoms with van der Waals surface area (Å²) in [5.41, 5.74) is 1.33. The molecule has 1 saturated carbocycles. The van der Waals surface area contributed by atoms with Gasteiger partial charge in [-0.3, -0.25) is 9.10 Å². The van der Waals surface area contributed by atoms with Crippen molar-refractivity contribution in [3.05, 3.63) is 24.3 Å². The Morgan fingerprint density at radius 1 is 1.32 bits per heavy atom. The van der Waals surface area contributed by atoms with E-state index in [-0.39, 0.29) is 17.7 Å². The third-order valence-corrected chi connectivity index (χ3v) is 4.82. The Balaban J connectivity index is 2.26. The van der Waals surface area contributed by atoms with Crippen molar-refractivity contribution in [2.24, 2.45) is 0 Å². The van der Waals surface area contributed by atoms with Gasteiger partial charge in [-0.2, -0.15) is 0 Å². The van der Waals surface area contributed by atoms with E-state index in [2.05, 4.69) is 5.32 Å². The first-order valence-electron chi connectivity index (χ1n) is 6.34. The van der Waals surface area contributed by atoms with Crippen LogP contribution < -0.4 is 9.62 Å². The first-order chi connectivity index (χ1) is 8.94. The minimum absolute atomic E-state index is 0.0940. The fourth-order valence-electron chi connectivity index (χ4n) is 1.94. The smallest absolute Gasteiger partial charge is 0.235 e. The molecule has 0 bridgehead atoms. The van der Waals surface area contributed by atoms with E-state index in [1.807, 2.05) is 0 Å². The van der Waals surface area contributed by atoms with E-state index in [0.29, 0.717) is 11.4 Å². The molecule has 6 heteroatoms. The van der Waals surface area contributed by atoms with Crippen molar-refractivity contribution < 1.29 is 13.2 Å². The lowest BCUT2D eigenvalue weighted by Gasteiger charge is -2.23. The molecule has 2 rings (SSSR count). The summed E-state index contributed by atoms with van der Waals surface area (Å²) in [6.45, 7) is 3.09. The average molecular weight is 282 g/mol. The lowest BCUT2D eigenvalue weighted by Crippen LogP contribution is -2.34. The van der Waals surface area contributed by atoms with Gasteiger partial charge in [0.1, 0.15) is 0 Å². The number of sulfonamides is 1. The monoisotopic (exact) mass is 282 g/mol. The van der Waals surface area contributed by atoms with Gasteiger partial charge in [0.25, 0.3) is 0 Å². The van der Waals surface area contributed by atoms with Gasteiger partial charge >= 0.3 is 0 Å². The molecule has 0 saturated heterocycles. The van der Waals surface area contributed by atoms with Gasteiger partial charge in [0, 0.05) is 18.7 Å². The van der Waals surface area contributed by atoms with Crippen molar-refractivity contribution >= 4 is 27.3 Å². The van der Waals surface area contributed by atoms with Crippen molar-refractivity contribution in [2.45, 2.75) is 32.7 Å². The van der Waals surface area contributed by atoms with E-state index in [9.17, 15) is 13.2 Å². The standard InChI is InChI=1S/C13H18N2O3S/c1-3-19(17,18)15(13-8-9-13)12-6-4-11(5-7-12)14-10(2)16/h4-7,13H,3,8-9H2,1-2H3,(H,14,16). The Kier molecular flexibility index (Phi) is 3.80. The maximum Gasteiger partial charge on any atom is 0.235 e. The highest BCUT2D eigenvalue weighted by molar-refractivity contribution is 7.92. The summed E-state index contributed by atoms with van der Waals surface area (Å²) in [5, 5.41) is 2.66. The number of hydrogen-bond donors (Lipinski definition) is 1.